The van der Waals surface area contributed by atoms with Crippen molar-refractivity contribution in [2.24, 2.45) is 5.92 Å². The van der Waals surface area contributed by atoms with Gasteiger partial charge in [-0.05, 0) is 44.0 Å². The largest absolute Gasteiger partial charge is 0.493 e. The van der Waals surface area contributed by atoms with Gasteiger partial charge in [0.05, 0.1) is 12.2 Å². The number of likely N-dealkylation sites (tertiary alicyclic amines) is 1. The van der Waals surface area contributed by atoms with Crippen LogP contribution in [-0.4, -0.2) is 35.5 Å². The predicted molar refractivity (Wildman–Crippen MR) is 94.5 cm³/mol. The van der Waals surface area contributed by atoms with Crippen LogP contribution in [0.3, 0.4) is 0 Å². The number of alkyl halides is 3. The standard InChI is InChI=1S/C20H21F3N2O2/c1-14-10-18(7-8-24-14)27-13-15-4-3-9-25(12-15)19(26)16-5-2-6-17(11-16)20(21,22)23/h2,5-8,10-11,15H,3-4,9,12-13H2,1H3. The average molecular weight is 378 g/mol. The van der Waals surface area contributed by atoms with Crippen LogP contribution in [0.15, 0.2) is 42.6 Å². The normalized spacial score (nSPS) is 17.6. The van der Waals surface area contributed by atoms with E-state index in [1.165, 1.54) is 12.1 Å². The molecule has 1 unspecified atom stereocenters. The molecule has 0 N–H and O–H groups in total. The number of aryl methyl sites for hydroxylation is 1. The topological polar surface area (TPSA) is 42.4 Å². The lowest BCUT2D eigenvalue weighted by atomic mass is 9.98. The van der Waals surface area contributed by atoms with Crippen LogP contribution in [0, 0.1) is 12.8 Å². The third kappa shape index (κ3) is 4.99. The average Bonchev–Trinajstić information content (AvgIpc) is 2.65. The molecule has 7 heteroatoms. The molecule has 0 saturated carbocycles. The number of hydrogen-bond donors (Lipinski definition) is 0. The van der Waals surface area contributed by atoms with Crippen molar-refractivity contribution in [3.05, 3.63) is 59.4 Å². The monoisotopic (exact) mass is 378 g/mol. The van der Waals surface area contributed by atoms with E-state index < -0.39 is 11.7 Å². The van der Waals surface area contributed by atoms with Crippen molar-refractivity contribution >= 4 is 5.91 Å². The number of rotatable bonds is 4. The Balaban J connectivity index is 1.63. The van der Waals surface area contributed by atoms with Gasteiger partial charge in [0.1, 0.15) is 5.75 Å². The van der Waals surface area contributed by atoms with Gasteiger partial charge in [0.2, 0.25) is 0 Å². The number of nitrogens with zero attached hydrogens (tertiary/aromatic N) is 2. The number of carbonyl (C=O) groups is 1. The second-order valence-corrected chi connectivity index (χ2v) is 6.78. The number of benzene rings is 1. The number of amides is 1. The molecule has 0 aliphatic carbocycles. The first-order chi connectivity index (χ1) is 12.8. The number of hydrogen-bond acceptors (Lipinski definition) is 3. The van der Waals surface area contributed by atoms with E-state index in [-0.39, 0.29) is 17.4 Å². The van der Waals surface area contributed by atoms with Gasteiger partial charge in [-0.3, -0.25) is 9.78 Å². The van der Waals surface area contributed by atoms with E-state index in [0.29, 0.717) is 19.7 Å². The highest BCUT2D eigenvalue weighted by Crippen LogP contribution is 2.30. The zero-order valence-corrected chi connectivity index (χ0v) is 15.0. The smallest absolute Gasteiger partial charge is 0.416 e. The molecule has 1 atom stereocenters. The molecule has 4 nitrogen and oxygen atoms in total. The molecule has 2 aromatic rings. The van der Waals surface area contributed by atoms with Gasteiger partial charge < -0.3 is 9.64 Å². The van der Waals surface area contributed by atoms with Crippen molar-refractivity contribution < 1.29 is 22.7 Å². The van der Waals surface area contributed by atoms with Crippen LogP contribution in [-0.2, 0) is 6.18 Å². The van der Waals surface area contributed by atoms with E-state index in [4.69, 9.17) is 4.74 Å². The molecule has 3 rings (SSSR count). The minimum absolute atomic E-state index is 0.0659. The molecule has 1 aromatic carbocycles. The summed E-state index contributed by atoms with van der Waals surface area (Å²) in [5.41, 5.74) is 0.118. The third-order valence-corrected chi connectivity index (χ3v) is 4.60. The van der Waals surface area contributed by atoms with Crippen molar-refractivity contribution in [1.29, 1.82) is 0 Å². The molecular formula is C20H21F3N2O2. The molecule has 0 spiro atoms. The Morgan fingerprint density at radius 3 is 2.85 bits per heavy atom. The van der Waals surface area contributed by atoms with E-state index in [9.17, 15) is 18.0 Å². The third-order valence-electron chi connectivity index (χ3n) is 4.60. The predicted octanol–water partition coefficient (Wildman–Crippen LogP) is 4.34. The van der Waals surface area contributed by atoms with Gasteiger partial charge in [0.15, 0.2) is 0 Å². The molecule has 0 bridgehead atoms. The molecule has 1 aromatic heterocycles. The van der Waals surface area contributed by atoms with Gasteiger partial charge in [-0.1, -0.05) is 6.07 Å². The Labute approximate surface area is 156 Å². The molecule has 1 amide bonds. The molecule has 1 fully saturated rings. The summed E-state index contributed by atoms with van der Waals surface area (Å²) in [5, 5.41) is 0. The minimum atomic E-state index is -4.46. The lowest BCUT2D eigenvalue weighted by Crippen LogP contribution is -2.41. The molecule has 144 valence electrons. The summed E-state index contributed by atoms with van der Waals surface area (Å²) in [5.74, 6) is 0.497. The first-order valence-corrected chi connectivity index (χ1v) is 8.85. The van der Waals surface area contributed by atoms with Crippen LogP contribution in [0.1, 0.15) is 34.5 Å². The van der Waals surface area contributed by atoms with Crippen LogP contribution >= 0.6 is 0 Å². The number of piperidine rings is 1. The minimum Gasteiger partial charge on any atom is -0.493 e. The molecule has 27 heavy (non-hydrogen) atoms. The number of pyridine rings is 1. The van der Waals surface area contributed by atoms with E-state index >= 15 is 0 Å². The summed E-state index contributed by atoms with van der Waals surface area (Å²) < 4.78 is 44.4. The van der Waals surface area contributed by atoms with Crippen LogP contribution < -0.4 is 4.74 Å². The van der Waals surface area contributed by atoms with Gasteiger partial charge >= 0.3 is 6.18 Å². The lowest BCUT2D eigenvalue weighted by Gasteiger charge is -2.32. The summed E-state index contributed by atoms with van der Waals surface area (Å²) in [6.45, 7) is 3.35. The second-order valence-electron chi connectivity index (χ2n) is 6.78. The first-order valence-electron chi connectivity index (χ1n) is 8.85. The van der Waals surface area contributed by atoms with Crippen molar-refractivity contribution in [2.75, 3.05) is 19.7 Å². The van der Waals surface area contributed by atoms with Gasteiger partial charge in [-0.25, -0.2) is 0 Å². The van der Waals surface area contributed by atoms with E-state index in [1.54, 1.807) is 17.2 Å². The zero-order valence-electron chi connectivity index (χ0n) is 15.0. The molecule has 1 aliphatic heterocycles. The number of ether oxygens (including phenoxy) is 1. The Bertz CT molecular complexity index is 808. The van der Waals surface area contributed by atoms with Crippen LogP contribution in [0.5, 0.6) is 5.75 Å². The summed E-state index contributed by atoms with van der Waals surface area (Å²) in [4.78, 5) is 18.4. The Kier molecular flexibility index (Phi) is 5.68. The first kappa shape index (κ1) is 19.2. The maximum absolute atomic E-state index is 12.9. The molecule has 1 aliphatic rings. The highest BCUT2D eigenvalue weighted by Gasteiger charge is 2.32. The zero-order chi connectivity index (χ0) is 19.4. The Hall–Kier alpha value is -2.57. The second kappa shape index (κ2) is 7.98. The van der Waals surface area contributed by atoms with Crippen molar-refractivity contribution in [2.45, 2.75) is 25.9 Å². The Morgan fingerprint density at radius 2 is 2.11 bits per heavy atom. The molecule has 2 heterocycles. The number of carbonyl (C=O) groups excluding carboxylic acids is 1. The van der Waals surface area contributed by atoms with E-state index in [1.807, 2.05) is 13.0 Å². The van der Waals surface area contributed by atoms with Crippen molar-refractivity contribution in [3.63, 3.8) is 0 Å². The Morgan fingerprint density at radius 1 is 1.30 bits per heavy atom. The van der Waals surface area contributed by atoms with Gasteiger partial charge in [0.25, 0.3) is 5.91 Å². The van der Waals surface area contributed by atoms with Crippen LogP contribution in [0.2, 0.25) is 0 Å². The SMILES string of the molecule is Cc1cc(OCC2CCCN(C(=O)c3cccc(C(F)(F)F)c3)C2)ccn1. The number of aromatic nitrogens is 1. The van der Waals surface area contributed by atoms with Crippen LogP contribution in [0.25, 0.3) is 0 Å². The molecule has 0 radical (unpaired) electrons. The van der Waals surface area contributed by atoms with Gasteiger partial charge in [0, 0.05) is 42.5 Å². The van der Waals surface area contributed by atoms with Gasteiger partial charge in [-0.2, -0.15) is 13.2 Å². The van der Waals surface area contributed by atoms with Gasteiger partial charge in [-0.15, -0.1) is 0 Å². The highest BCUT2D eigenvalue weighted by molar-refractivity contribution is 5.94. The fraction of sp³-hybridized carbons (Fsp3) is 0.400. The number of halogens is 3. The summed E-state index contributed by atoms with van der Waals surface area (Å²) >= 11 is 0. The quantitative estimate of drug-likeness (QED) is 0.795. The maximum atomic E-state index is 12.9. The summed E-state index contributed by atoms with van der Waals surface area (Å²) in [7, 11) is 0. The lowest BCUT2D eigenvalue weighted by molar-refractivity contribution is -0.137. The molecule has 1 saturated heterocycles. The highest BCUT2D eigenvalue weighted by atomic mass is 19.4. The van der Waals surface area contributed by atoms with Crippen LogP contribution in [0.4, 0.5) is 13.2 Å². The summed E-state index contributed by atoms with van der Waals surface area (Å²) in [6.07, 6.45) is -1.07. The fourth-order valence-corrected chi connectivity index (χ4v) is 3.22. The summed E-state index contributed by atoms with van der Waals surface area (Å²) in [6, 6.07) is 8.21. The van der Waals surface area contributed by atoms with E-state index in [0.717, 1.165) is 36.4 Å². The molecular weight excluding hydrogens is 357 g/mol. The van der Waals surface area contributed by atoms with E-state index in [2.05, 4.69) is 4.98 Å². The maximum Gasteiger partial charge on any atom is 0.416 e. The van der Waals surface area contributed by atoms with Crippen molar-refractivity contribution in [3.8, 4) is 5.75 Å². The fourth-order valence-electron chi connectivity index (χ4n) is 3.22. The van der Waals surface area contributed by atoms with Crippen molar-refractivity contribution in [1.82, 2.24) is 9.88 Å².